The lowest BCUT2D eigenvalue weighted by atomic mass is 9.43. The minimum absolute atomic E-state index is 0.0469. The first kappa shape index (κ1) is 12.9. The van der Waals surface area contributed by atoms with Crippen molar-refractivity contribution in [2.75, 3.05) is 6.61 Å². The first-order valence-corrected chi connectivity index (χ1v) is 6.65. The molecule has 20 heavy (non-hydrogen) atoms. The molecule has 0 radical (unpaired) electrons. The Morgan fingerprint density at radius 3 is 2.45 bits per heavy atom. The molecule has 6 nitrogen and oxygen atoms in total. The van der Waals surface area contributed by atoms with Gasteiger partial charge in [0, 0.05) is 12.1 Å². The molecule has 106 valence electrons. The van der Waals surface area contributed by atoms with E-state index in [4.69, 9.17) is 9.47 Å². The van der Waals surface area contributed by atoms with Crippen molar-refractivity contribution in [3.8, 4) is 5.75 Å². The molecular weight excluding hydrogens is 262 g/mol. The van der Waals surface area contributed by atoms with Crippen LogP contribution in [0.25, 0.3) is 0 Å². The Balaban J connectivity index is 1.42. The normalized spacial score (nSPS) is 26.1. The first-order valence-electron chi connectivity index (χ1n) is 6.65. The summed E-state index contributed by atoms with van der Waals surface area (Å²) in [6, 6.07) is 5.32. The number of hydrogen-bond donors (Lipinski definition) is 0. The van der Waals surface area contributed by atoms with Crippen molar-refractivity contribution in [2.45, 2.75) is 25.7 Å². The van der Waals surface area contributed by atoms with Crippen LogP contribution in [0.4, 0.5) is 10.5 Å². The van der Waals surface area contributed by atoms with Crippen molar-refractivity contribution in [1.29, 1.82) is 0 Å². The molecule has 3 saturated carbocycles. The largest absolute Gasteiger partial charge is 0.513 e. The van der Waals surface area contributed by atoms with Crippen LogP contribution < -0.4 is 4.74 Å². The van der Waals surface area contributed by atoms with Crippen LogP contribution in [0.5, 0.6) is 5.75 Å². The van der Waals surface area contributed by atoms with Crippen molar-refractivity contribution in [3.63, 3.8) is 0 Å². The van der Waals surface area contributed by atoms with E-state index in [1.165, 1.54) is 43.5 Å². The minimum Gasteiger partial charge on any atom is -0.434 e. The molecular formula is C14H15NO5. The fraction of sp³-hybridized carbons (Fsp3) is 0.500. The molecule has 2 bridgehead atoms. The Morgan fingerprint density at radius 2 is 1.95 bits per heavy atom. The standard InChI is InChI=1S/C14H15NO5/c16-13(19-6-5-14-7-10(8-14)9-14)20-12-3-1-11(2-4-12)15(17)18/h1-4,10H,5-9H2. The highest BCUT2D eigenvalue weighted by molar-refractivity contribution is 5.63. The number of hydrogen-bond acceptors (Lipinski definition) is 5. The Kier molecular flexibility index (Phi) is 3.08. The monoisotopic (exact) mass is 277 g/mol. The maximum Gasteiger partial charge on any atom is 0.513 e. The van der Waals surface area contributed by atoms with Gasteiger partial charge in [-0.3, -0.25) is 10.1 Å². The van der Waals surface area contributed by atoms with Gasteiger partial charge in [0.15, 0.2) is 0 Å². The third-order valence-electron chi connectivity index (χ3n) is 4.27. The molecule has 0 unspecified atom stereocenters. The van der Waals surface area contributed by atoms with Crippen LogP contribution in [0.1, 0.15) is 25.7 Å². The fourth-order valence-corrected chi connectivity index (χ4v) is 3.08. The van der Waals surface area contributed by atoms with Crippen LogP contribution in [0.15, 0.2) is 24.3 Å². The van der Waals surface area contributed by atoms with Gasteiger partial charge in [-0.2, -0.15) is 0 Å². The zero-order chi connectivity index (χ0) is 14.2. The van der Waals surface area contributed by atoms with Gasteiger partial charge < -0.3 is 9.47 Å². The number of non-ortho nitro benzene ring substituents is 1. The highest BCUT2D eigenvalue weighted by atomic mass is 16.7. The number of nitrogens with zero attached hydrogens (tertiary/aromatic N) is 1. The van der Waals surface area contributed by atoms with Gasteiger partial charge in [-0.15, -0.1) is 0 Å². The summed E-state index contributed by atoms with van der Waals surface area (Å²) in [6.07, 6.45) is 3.96. The number of benzene rings is 1. The van der Waals surface area contributed by atoms with Gasteiger partial charge in [0.1, 0.15) is 5.75 Å². The average molecular weight is 277 g/mol. The zero-order valence-corrected chi connectivity index (χ0v) is 10.9. The molecule has 1 aromatic carbocycles. The molecule has 6 heteroatoms. The minimum atomic E-state index is -0.759. The Bertz CT molecular complexity index is 522. The Hall–Kier alpha value is -2.11. The molecule has 0 spiro atoms. The molecule has 0 N–H and O–H groups in total. The van der Waals surface area contributed by atoms with Gasteiger partial charge >= 0.3 is 6.16 Å². The van der Waals surface area contributed by atoms with E-state index in [-0.39, 0.29) is 11.4 Å². The summed E-state index contributed by atoms with van der Waals surface area (Å²) in [5, 5.41) is 10.5. The molecule has 0 amide bonds. The summed E-state index contributed by atoms with van der Waals surface area (Å²) in [5.74, 6) is 1.16. The summed E-state index contributed by atoms with van der Waals surface area (Å²) < 4.78 is 9.97. The summed E-state index contributed by atoms with van der Waals surface area (Å²) in [6.45, 7) is 0.374. The fourth-order valence-electron chi connectivity index (χ4n) is 3.08. The molecule has 3 fully saturated rings. The Morgan fingerprint density at radius 1 is 1.30 bits per heavy atom. The molecule has 3 aliphatic rings. The van der Waals surface area contributed by atoms with Gasteiger partial charge in [0.05, 0.1) is 11.5 Å². The SMILES string of the molecule is O=C(OCCC12CC(C1)C2)Oc1ccc([N+](=O)[O-])cc1. The zero-order valence-electron chi connectivity index (χ0n) is 10.9. The molecule has 0 aromatic heterocycles. The molecule has 1 aromatic rings. The number of ether oxygens (including phenoxy) is 2. The van der Waals surface area contributed by atoms with Gasteiger partial charge in [-0.25, -0.2) is 4.79 Å². The van der Waals surface area contributed by atoms with Crippen molar-refractivity contribution in [1.82, 2.24) is 0 Å². The molecule has 0 saturated heterocycles. The lowest BCUT2D eigenvalue weighted by molar-refractivity contribution is -0.384. The third kappa shape index (κ3) is 2.45. The number of carbonyl (C=O) groups excluding carboxylic acids is 1. The lowest BCUT2D eigenvalue weighted by Gasteiger charge is -2.62. The third-order valence-corrected chi connectivity index (χ3v) is 4.27. The van der Waals surface area contributed by atoms with E-state index in [0.29, 0.717) is 12.0 Å². The van der Waals surface area contributed by atoms with Gasteiger partial charge in [-0.1, -0.05) is 0 Å². The number of nitro benzene ring substituents is 1. The summed E-state index contributed by atoms with van der Waals surface area (Å²) >= 11 is 0. The van der Waals surface area contributed by atoms with E-state index < -0.39 is 11.1 Å². The van der Waals surface area contributed by atoms with Crippen LogP contribution in [0.3, 0.4) is 0 Å². The first-order chi connectivity index (χ1) is 9.56. The van der Waals surface area contributed by atoms with Crippen molar-refractivity contribution in [3.05, 3.63) is 34.4 Å². The maximum absolute atomic E-state index is 11.5. The quantitative estimate of drug-likeness (QED) is 0.357. The highest BCUT2D eigenvalue weighted by Crippen LogP contribution is 2.66. The average Bonchev–Trinajstić information content (AvgIpc) is 2.31. The lowest BCUT2D eigenvalue weighted by Crippen LogP contribution is -2.52. The summed E-state index contributed by atoms with van der Waals surface area (Å²) in [4.78, 5) is 21.4. The van der Waals surface area contributed by atoms with Crippen LogP contribution in [0, 0.1) is 21.4 Å². The second-order valence-electron chi connectivity index (χ2n) is 5.68. The van der Waals surface area contributed by atoms with E-state index in [2.05, 4.69) is 0 Å². The highest BCUT2D eigenvalue weighted by Gasteiger charge is 2.55. The van der Waals surface area contributed by atoms with Crippen LogP contribution in [0.2, 0.25) is 0 Å². The smallest absolute Gasteiger partial charge is 0.434 e. The van der Waals surface area contributed by atoms with Crippen molar-refractivity contribution < 1.29 is 19.2 Å². The van der Waals surface area contributed by atoms with Crippen molar-refractivity contribution in [2.24, 2.45) is 11.3 Å². The van der Waals surface area contributed by atoms with E-state index in [1.54, 1.807) is 0 Å². The second-order valence-corrected chi connectivity index (χ2v) is 5.68. The molecule has 4 rings (SSSR count). The van der Waals surface area contributed by atoms with E-state index in [1.807, 2.05) is 0 Å². The summed E-state index contributed by atoms with van der Waals surface area (Å²) in [7, 11) is 0. The van der Waals surface area contributed by atoms with Crippen LogP contribution in [-0.4, -0.2) is 17.7 Å². The molecule has 3 aliphatic carbocycles. The number of carbonyl (C=O) groups is 1. The predicted molar refractivity (Wildman–Crippen MR) is 69.5 cm³/mol. The second kappa shape index (κ2) is 4.77. The number of nitro groups is 1. The Labute approximate surface area is 115 Å². The predicted octanol–water partition coefficient (Wildman–Crippen LogP) is 3.30. The van der Waals surface area contributed by atoms with E-state index in [9.17, 15) is 14.9 Å². The maximum atomic E-state index is 11.5. The molecule has 0 atom stereocenters. The summed E-state index contributed by atoms with van der Waals surface area (Å²) in [5.41, 5.74) is 0.396. The van der Waals surface area contributed by atoms with Gasteiger partial charge in [-0.05, 0) is 49.1 Å². The number of rotatable bonds is 5. The van der Waals surface area contributed by atoms with E-state index in [0.717, 1.165) is 12.3 Å². The van der Waals surface area contributed by atoms with Gasteiger partial charge in [0.25, 0.3) is 5.69 Å². The van der Waals surface area contributed by atoms with E-state index >= 15 is 0 Å². The molecule has 0 heterocycles. The van der Waals surface area contributed by atoms with Crippen LogP contribution >= 0.6 is 0 Å². The van der Waals surface area contributed by atoms with Gasteiger partial charge in [0.2, 0.25) is 0 Å². The van der Waals surface area contributed by atoms with Crippen LogP contribution in [-0.2, 0) is 4.74 Å². The van der Waals surface area contributed by atoms with Crippen molar-refractivity contribution >= 4 is 11.8 Å². The molecule has 0 aliphatic heterocycles. The topological polar surface area (TPSA) is 78.7 Å².